The maximum absolute atomic E-state index is 12.7. The molecule has 0 fully saturated rings. The number of fused-ring (bicyclic) bond motifs is 1. The van der Waals surface area contributed by atoms with Gasteiger partial charge in [-0.05, 0) is 53.9 Å². The second-order valence-corrected chi connectivity index (χ2v) is 5.67. The highest BCUT2D eigenvalue weighted by atomic mass is 16.5. The third kappa shape index (κ3) is 3.04. The fraction of sp³-hybridized carbons (Fsp3) is 0.150. The van der Waals surface area contributed by atoms with Gasteiger partial charge in [0.15, 0.2) is 0 Å². The van der Waals surface area contributed by atoms with Crippen molar-refractivity contribution in [3.8, 4) is 5.75 Å². The van der Waals surface area contributed by atoms with Gasteiger partial charge >= 0.3 is 0 Å². The van der Waals surface area contributed by atoms with Crippen molar-refractivity contribution in [2.75, 3.05) is 12.4 Å². The molecule has 23 heavy (non-hydrogen) atoms. The minimum atomic E-state index is -0.165. The van der Waals surface area contributed by atoms with Gasteiger partial charge in [0.25, 0.3) is 5.91 Å². The summed E-state index contributed by atoms with van der Waals surface area (Å²) in [6.45, 7) is 3.98. The molecule has 3 nitrogen and oxygen atoms in total. The molecule has 0 saturated heterocycles. The number of carbonyl (C=O) groups is 1. The Bertz CT molecular complexity index is 884. The van der Waals surface area contributed by atoms with Gasteiger partial charge < -0.3 is 10.1 Å². The van der Waals surface area contributed by atoms with Crippen molar-refractivity contribution >= 4 is 22.4 Å². The lowest BCUT2D eigenvalue weighted by atomic mass is 10.0. The first kappa shape index (κ1) is 15.1. The molecular formula is C20H19NO2. The van der Waals surface area contributed by atoms with Crippen LogP contribution >= 0.6 is 0 Å². The van der Waals surface area contributed by atoms with Crippen molar-refractivity contribution in [2.24, 2.45) is 0 Å². The lowest BCUT2D eigenvalue weighted by Crippen LogP contribution is -2.14. The number of nitrogens with one attached hydrogen (secondary N) is 1. The number of ether oxygens (including phenoxy) is 1. The molecule has 3 rings (SSSR count). The molecule has 0 aliphatic heterocycles. The maximum Gasteiger partial charge on any atom is 0.259 e. The van der Waals surface area contributed by atoms with E-state index in [0.29, 0.717) is 11.3 Å². The summed E-state index contributed by atoms with van der Waals surface area (Å²) >= 11 is 0. The first-order valence-electron chi connectivity index (χ1n) is 7.54. The van der Waals surface area contributed by atoms with E-state index >= 15 is 0 Å². The zero-order chi connectivity index (χ0) is 16.4. The summed E-state index contributed by atoms with van der Waals surface area (Å²) in [5.74, 6) is 0.410. The average molecular weight is 305 g/mol. The van der Waals surface area contributed by atoms with Crippen molar-refractivity contribution < 1.29 is 9.53 Å². The lowest BCUT2D eigenvalue weighted by molar-refractivity contribution is 0.102. The van der Waals surface area contributed by atoms with E-state index < -0.39 is 0 Å². The lowest BCUT2D eigenvalue weighted by Gasteiger charge is -2.13. The molecule has 3 aromatic rings. The van der Waals surface area contributed by atoms with Gasteiger partial charge in [0.05, 0.1) is 12.7 Å². The summed E-state index contributed by atoms with van der Waals surface area (Å²) in [4.78, 5) is 12.7. The summed E-state index contributed by atoms with van der Waals surface area (Å²) in [5, 5.41) is 5.05. The zero-order valence-electron chi connectivity index (χ0n) is 13.5. The quantitative estimate of drug-likeness (QED) is 0.760. The van der Waals surface area contributed by atoms with E-state index in [0.717, 1.165) is 27.6 Å². The molecule has 1 N–H and O–H groups in total. The monoisotopic (exact) mass is 305 g/mol. The molecule has 3 aromatic carbocycles. The summed E-state index contributed by atoms with van der Waals surface area (Å²) in [6.07, 6.45) is 0. The molecule has 0 spiro atoms. The Morgan fingerprint density at radius 3 is 2.35 bits per heavy atom. The van der Waals surface area contributed by atoms with Crippen LogP contribution in [0.4, 0.5) is 5.69 Å². The van der Waals surface area contributed by atoms with E-state index in [2.05, 4.69) is 5.32 Å². The molecule has 3 heteroatoms. The van der Waals surface area contributed by atoms with Gasteiger partial charge in [-0.25, -0.2) is 0 Å². The van der Waals surface area contributed by atoms with Gasteiger partial charge in [-0.3, -0.25) is 4.79 Å². The second-order valence-electron chi connectivity index (χ2n) is 5.67. The Labute approximate surface area is 135 Å². The van der Waals surface area contributed by atoms with Crippen molar-refractivity contribution in [2.45, 2.75) is 13.8 Å². The Morgan fingerprint density at radius 1 is 0.957 bits per heavy atom. The minimum Gasteiger partial charge on any atom is -0.496 e. The highest BCUT2D eigenvalue weighted by Gasteiger charge is 2.14. The fourth-order valence-electron chi connectivity index (χ4n) is 2.63. The second kappa shape index (κ2) is 6.13. The third-order valence-corrected chi connectivity index (χ3v) is 3.95. The van der Waals surface area contributed by atoms with E-state index in [1.165, 1.54) is 0 Å². The van der Waals surface area contributed by atoms with Crippen LogP contribution in [-0.2, 0) is 0 Å². The Balaban J connectivity index is 2.01. The summed E-state index contributed by atoms with van der Waals surface area (Å²) in [5.41, 5.74) is 3.50. The van der Waals surface area contributed by atoms with E-state index in [9.17, 15) is 4.79 Å². The van der Waals surface area contributed by atoms with Crippen LogP contribution in [0.3, 0.4) is 0 Å². The Hall–Kier alpha value is -2.81. The predicted molar refractivity (Wildman–Crippen MR) is 94.4 cm³/mol. The first-order chi connectivity index (χ1) is 11.1. The molecule has 0 aliphatic rings. The van der Waals surface area contributed by atoms with Gasteiger partial charge in [0.1, 0.15) is 5.75 Å². The van der Waals surface area contributed by atoms with Crippen LogP contribution in [0, 0.1) is 13.8 Å². The zero-order valence-corrected chi connectivity index (χ0v) is 13.5. The predicted octanol–water partition coefficient (Wildman–Crippen LogP) is 4.72. The standard InChI is InChI=1S/C20H19NO2/c1-13-8-9-14(2)18(10-13)21-20(22)17-11-15-6-4-5-7-16(15)12-19(17)23-3/h4-12H,1-3H3,(H,21,22). The average Bonchev–Trinajstić information content (AvgIpc) is 2.56. The molecular weight excluding hydrogens is 286 g/mol. The summed E-state index contributed by atoms with van der Waals surface area (Å²) in [6, 6.07) is 17.7. The first-order valence-corrected chi connectivity index (χ1v) is 7.54. The number of anilines is 1. The number of hydrogen-bond donors (Lipinski definition) is 1. The van der Waals surface area contributed by atoms with Crippen LogP contribution in [0.2, 0.25) is 0 Å². The van der Waals surface area contributed by atoms with Crippen LogP contribution in [-0.4, -0.2) is 13.0 Å². The van der Waals surface area contributed by atoms with Crippen molar-refractivity contribution in [3.63, 3.8) is 0 Å². The van der Waals surface area contributed by atoms with Crippen LogP contribution in [0.5, 0.6) is 5.75 Å². The fourth-order valence-corrected chi connectivity index (χ4v) is 2.63. The van der Waals surface area contributed by atoms with Gasteiger partial charge in [0, 0.05) is 5.69 Å². The molecule has 0 aliphatic carbocycles. The summed E-state index contributed by atoms with van der Waals surface area (Å²) in [7, 11) is 1.58. The number of aryl methyl sites for hydroxylation is 2. The number of benzene rings is 3. The highest BCUT2D eigenvalue weighted by Crippen LogP contribution is 2.27. The van der Waals surface area contributed by atoms with Gasteiger partial charge in [0.2, 0.25) is 0 Å². The van der Waals surface area contributed by atoms with Gasteiger partial charge in [-0.2, -0.15) is 0 Å². The number of amides is 1. The largest absolute Gasteiger partial charge is 0.496 e. The van der Waals surface area contributed by atoms with E-state index in [1.807, 2.05) is 68.4 Å². The smallest absolute Gasteiger partial charge is 0.259 e. The molecule has 0 saturated carbocycles. The maximum atomic E-state index is 12.7. The molecule has 0 atom stereocenters. The van der Waals surface area contributed by atoms with Gasteiger partial charge in [-0.15, -0.1) is 0 Å². The molecule has 1 amide bonds. The number of hydrogen-bond acceptors (Lipinski definition) is 2. The Kier molecular flexibility index (Phi) is 4.02. The van der Waals surface area contributed by atoms with E-state index in [1.54, 1.807) is 7.11 Å². The molecule has 0 unspecified atom stereocenters. The van der Waals surface area contributed by atoms with Crippen LogP contribution in [0.15, 0.2) is 54.6 Å². The topological polar surface area (TPSA) is 38.3 Å². The van der Waals surface area contributed by atoms with Crippen molar-refractivity contribution in [1.29, 1.82) is 0 Å². The number of carbonyl (C=O) groups excluding carboxylic acids is 1. The van der Waals surface area contributed by atoms with Crippen LogP contribution in [0.1, 0.15) is 21.5 Å². The normalized spacial score (nSPS) is 10.6. The molecule has 0 radical (unpaired) electrons. The summed E-state index contributed by atoms with van der Waals surface area (Å²) < 4.78 is 5.41. The number of rotatable bonds is 3. The van der Waals surface area contributed by atoms with Crippen molar-refractivity contribution in [1.82, 2.24) is 0 Å². The van der Waals surface area contributed by atoms with Crippen molar-refractivity contribution in [3.05, 3.63) is 71.3 Å². The van der Waals surface area contributed by atoms with Crippen LogP contribution in [0.25, 0.3) is 10.8 Å². The third-order valence-electron chi connectivity index (χ3n) is 3.95. The van der Waals surface area contributed by atoms with E-state index in [-0.39, 0.29) is 5.91 Å². The highest BCUT2D eigenvalue weighted by molar-refractivity contribution is 6.09. The molecule has 0 aromatic heterocycles. The van der Waals surface area contributed by atoms with Gasteiger partial charge in [-0.1, -0.05) is 36.4 Å². The molecule has 0 bridgehead atoms. The SMILES string of the molecule is COc1cc2ccccc2cc1C(=O)Nc1cc(C)ccc1C. The van der Waals surface area contributed by atoms with E-state index in [4.69, 9.17) is 4.74 Å². The molecule has 116 valence electrons. The minimum absolute atomic E-state index is 0.165. The Morgan fingerprint density at radius 2 is 1.65 bits per heavy atom. The number of methoxy groups -OCH3 is 1. The molecule has 0 heterocycles. The van der Waals surface area contributed by atoms with Crippen LogP contribution < -0.4 is 10.1 Å².